The predicted octanol–water partition coefficient (Wildman–Crippen LogP) is 3.35. The van der Waals surface area contributed by atoms with E-state index in [0.717, 1.165) is 11.4 Å². The molecule has 1 aromatic rings. The van der Waals surface area contributed by atoms with Crippen LogP contribution in [0.1, 0.15) is 39.3 Å². The highest BCUT2D eigenvalue weighted by Gasteiger charge is 2.36. The summed E-state index contributed by atoms with van der Waals surface area (Å²) in [6.07, 6.45) is 4.15. The first kappa shape index (κ1) is 15.4. The average Bonchev–Trinajstić information content (AvgIpc) is 3.24. The van der Waals surface area contributed by atoms with Gasteiger partial charge in [-0.25, -0.2) is 0 Å². The third-order valence-corrected chi connectivity index (χ3v) is 4.78. The maximum Gasteiger partial charge on any atom is 0.233 e. The molecule has 0 N–H and O–H groups in total. The third-order valence-electron chi connectivity index (χ3n) is 3.83. The van der Waals surface area contributed by atoms with E-state index in [1.807, 2.05) is 18.2 Å². The van der Waals surface area contributed by atoms with Gasteiger partial charge in [0.15, 0.2) is 0 Å². The van der Waals surface area contributed by atoms with Gasteiger partial charge in [-0.15, -0.1) is 11.8 Å². The van der Waals surface area contributed by atoms with Gasteiger partial charge in [0.2, 0.25) is 5.91 Å². The number of rotatable bonds is 7. The number of amides is 1. The van der Waals surface area contributed by atoms with Crippen LogP contribution >= 0.6 is 11.8 Å². The lowest BCUT2D eigenvalue weighted by molar-refractivity contribution is -0.131. The Labute approximate surface area is 126 Å². The van der Waals surface area contributed by atoms with E-state index in [2.05, 4.69) is 30.7 Å². The minimum atomic E-state index is 0.287. The maximum absolute atomic E-state index is 12.4. The van der Waals surface area contributed by atoms with Crippen LogP contribution in [-0.2, 0) is 10.5 Å². The summed E-state index contributed by atoms with van der Waals surface area (Å²) in [4.78, 5) is 18.9. The Bertz CT molecular complexity index is 431. The van der Waals surface area contributed by atoms with Crippen LogP contribution in [0.2, 0.25) is 0 Å². The van der Waals surface area contributed by atoms with Gasteiger partial charge in [0.1, 0.15) is 0 Å². The van der Waals surface area contributed by atoms with Crippen molar-refractivity contribution < 1.29 is 4.79 Å². The molecule has 0 aromatic carbocycles. The molecule has 1 aliphatic rings. The van der Waals surface area contributed by atoms with Crippen LogP contribution in [0, 0.1) is 5.92 Å². The number of carbonyl (C=O) groups is 1. The lowest BCUT2D eigenvalue weighted by Crippen LogP contribution is -2.44. The molecule has 1 unspecified atom stereocenters. The van der Waals surface area contributed by atoms with E-state index in [1.54, 1.807) is 18.0 Å². The molecule has 4 heteroatoms. The Morgan fingerprint density at radius 2 is 2.15 bits per heavy atom. The first-order chi connectivity index (χ1) is 9.59. The van der Waals surface area contributed by atoms with E-state index in [0.29, 0.717) is 23.8 Å². The van der Waals surface area contributed by atoms with Crippen molar-refractivity contribution in [1.82, 2.24) is 9.88 Å². The lowest BCUT2D eigenvalue weighted by atomic mass is 10.0. The van der Waals surface area contributed by atoms with E-state index >= 15 is 0 Å². The molecule has 1 atom stereocenters. The van der Waals surface area contributed by atoms with Crippen molar-refractivity contribution >= 4 is 17.7 Å². The van der Waals surface area contributed by atoms with Gasteiger partial charge in [-0.1, -0.05) is 19.9 Å². The molecule has 1 heterocycles. The molecule has 1 aliphatic carbocycles. The normalized spacial score (nSPS) is 16.2. The van der Waals surface area contributed by atoms with Crippen LogP contribution in [0.3, 0.4) is 0 Å². The molecule has 1 aromatic heterocycles. The number of carbonyl (C=O) groups excluding carboxylic acids is 1. The zero-order valence-corrected chi connectivity index (χ0v) is 13.4. The van der Waals surface area contributed by atoms with E-state index < -0.39 is 0 Å². The van der Waals surface area contributed by atoms with Crippen molar-refractivity contribution in [2.45, 2.75) is 51.4 Å². The van der Waals surface area contributed by atoms with E-state index in [1.165, 1.54) is 12.8 Å². The van der Waals surface area contributed by atoms with Gasteiger partial charge in [0.25, 0.3) is 0 Å². The second-order valence-corrected chi connectivity index (χ2v) is 6.82. The Hall–Kier alpha value is -1.03. The molecule has 1 fully saturated rings. The highest BCUT2D eigenvalue weighted by molar-refractivity contribution is 7.99. The summed E-state index contributed by atoms with van der Waals surface area (Å²) < 4.78 is 0. The number of hydrogen-bond donors (Lipinski definition) is 0. The molecule has 0 bridgehead atoms. The smallest absolute Gasteiger partial charge is 0.233 e. The Kier molecular flexibility index (Phi) is 5.46. The lowest BCUT2D eigenvalue weighted by Gasteiger charge is -2.32. The summed E-state index contributed by atoms with van der Waals surface area (Å²) in [5.41, 5.74) is 1.04. The molecule has 0 aliphatic heterocycles. The molecule has 1 amide bonds. The van der Waals surface area contributed by atoms with Gasteiger partial charge < -0.3 is 4.90 Å². The summed E-state index contributed by atoms with van der Waals surface area (Å²) in [6, 6.07) is 6.74. The van der Waals surface area contributed by atoms with Crippen LogP contribution in [0.4, 0.5) is 0 Å². The number of aromatic nitrogens is 1. The van der Waals surface area contributed by atoms with Crippen molar-refractivity contribution in [2.75, 3.05) is 5.75 Å². The molecule has 3 nitrogen and oxygen atoms in total. The van der Waals surface area contributed by atoms with Crippen LogP contribution in [0.15, 0.2) is 24.4 Å². The first-order valence-corrected chi connectivity index (χ1v) is 8.54. The van der Waals surface area contributed by atoms with Gasteiger partial charge in [-0.2, -0.15) is 0 Å². The molecular formula is C16H24N2OS. The molecule has 20 heavy (non-hydrogen) atoms. The minimum Gasteiger partial charge on any atom is -0.336 e. The third kappa shape index (κ3) is 4.23. The predicted molar refractivity (Wildman–Crippen MR) is 84.6 cm³/mol. The van der Waals surface area contributed by atoms with Crippen molar-refractivity contribution in [3.63, 3.8) is 0 Å². The fraction of sp³-hybridized carbons (Fsp3) is 0.625. The standard InChI is InChI=1S/C16H24N2OS/c1-12(2)13(3)18(15-7-8-15)16(19)11-20-10-14-6-4-5-9-17-14/h4-6,9,12-13,15H,7-8,10-11H2,1-3H3. The van der Waals surface area contributed by atoms with Gasteiger partial charge in [-0.05, 0) is 37.8 Å². The summed E-state index contributed by atoms with van der Waals surface area (Å²) in [5, 5.41) is 0. The maximum atomic E-state index is 12.4. The zero-order chi connectivity index (χ0) is 14.5. The molecule has 1 saturated carbocycles. The van der Waals surface area contributed by atoms with E-state index in [4.69, 9.17) is 0 Å². The van der Waals surface area contributed by atoms with Gasteiger partial charge in [0, 0.05) is 24.0 Å². The van der Waals surface area contributed by atoms with Crippen LogP contribution in [0.25, 0.3) is 0 Å². The molecule has 110 valence electrons. The second kappa shape index (κ2) is 7.11. The summed E-state index contributed by atoms with van der Waals surface area (Å²) in [5.74, 6) is 2.17. The van der Waals surface area contributed by atoms with Gasteiger partial charge in [-0.3, -0.25) is 9.78 Å². The summed E-state index contributed by atoms with van der Waals surface area (Å²) in [7, 11) is 0. The zero-order valence-electron chi connectivity index (χ0n) is 12.6. The summed E-state index contributed by atoms with van der Waals surface area (Å²) in [6.45, 7) is 6.55. The van der Waals surface area contributed by atoms with Crippen LogP contribution < -0.4 is 0 Å². The van der Waals surface area contributed by atoms with Gasteiger partial charge in [0.05, 0.1) is 11.4 Å². The molecular weight excluding hydrogens is 268 g/mol. The Morgan fingerprint density at radius 1 is 1.40 bits per heavy atom. The topological polar surface area (TPSA) is 33.2 Å². The highest BCUT2D eigenvalue weighted by Crippen LogP contribution is 2.31. The average molecular weight is 292 g/mol. The second-order valence-electron chi connectivity index (χ2n) is 5.83. The SMILES string of the molecule is CC(C)C(C)N(C(=O)CSCc1ccccn1)C1CC1. The fourth-order valence-electron chi connectivity index (χ4n) is 2.24. The minimum absolute atomic E-state index is 0.287. The van der Waals surface area contributed by atoms with Gasteiger partial charge >= 0.3 is 0 Å². The number of nitrogens with zero attached hydrogens (tertiary/aromatic N) is 2. The Balaban J connectivity index is 1.83. The number of hydrogen-bond acceptors (Lipinski definition) is 3. The van der Waals surface area contributed by atoms with E-state index in [-0.39, 0.29) is 5.91 Å². The highest BCUT2D eigenvalue weighted by atomic mass is 32.2. The largest absolute Gasteiger partial charge is 0.336 e. The Morgan fingerprint density at radius 3 is 2.70 bits per heavy atom. The quantitative estimate of drug-likeness (QED) is 0.772. The van der Waals surface area contributed by atoms with Crippen LogP contribution in [0.5, 0.6) is 0 Å². The summed E-state index contributed by atoms with van der Waals surface area (Å²) >= 11 is 1.66. The molecule has 2 rings (SSSR count). The fourth-order valence-corrected chi connectivity index (χ4v) is 3.04. The van der Waals surface area contributed by atoms with E-state index in [9.17, 15) is 4.79 Å². The van der Waals surface area contributed by atoms with Crippen molar-refractivity contribution in [1.29, 1.82) is 0 Å². The van der Waals surface area contributed by atoms with Crippen molar-refractivity contribution in [2.24, 2.45) is 5.92 Å². The monoisotopic (exact) mass is 292 g/mol. The first-order valence-electron chi connectivity index (χ1n) is 7.38. The molecule has 0 spiro atoms. The number of thioether (sulfide) groups is 1. The number of pyridine rings is 1. The van der Waals surface area contributed by atoms with Crippen molar-refractivity contribution in [3.05, 3.63) is 30.1 Å². The van der Waals surface area contributed by atoms with Crippen molar-refractivity contribution in [3.8, 4) is 0 Å². The molecule has 0 saturated heterocycles. The van der Waals surface area contributed by atoms with Crippen LogP contribution in [-0.4, -0.2) is 33.6 Å². The molecule has 0 radical (unpaired) electrons.